The Bertz CT molecular complexity index is 2640. The molecule has 9 rings (SSSR count). The van der Waals surface area contributed by atoms with Gasteiger partial charge in [-0.1, -0.05) is 145 Å². The molecule has 1 heterocycles. The van der Waals surface area contributed by atoms with Crippen molar-refractivity contribution in [1.82, 2.24) is 0 Å². The van der Waals surface area contributed by atoms with Crippen molar-refractivity contribution in [2.24, 2.45) is 0 Å². The molecule has 0 fully saturated rings. The average molecular weight is 551 g/mol. The molecule has 1 heteroatoms. The molecule has 0 aliphatic rings. The van der Waals surface area contributed by atoms with Crippen LogP contribution < -0.4 is 0 Å². The van der Waals surface area contributed by atoms with Crippen molar-refractivity contribution in [3.05, 3.63) is 158 Å². The minimum absolute atomic E-state index is 0.0500. The third-order valence-electron chi connectivity index (χ3n) is 8.53. The Hall–Kier alpha value is -5.66. The third kappa shape index (κ3) is 3.65. The standard InChI is InChI=1S/C42H26O/c1-2-11-27(12-3-1)28-21-23-30(24-22-28)39-32-15-6-8-17-34(32)40(35-18-9-7-16-33(35)39)36-19-10-20-37-42(36)41-31-14-5-4-13-29(31)25-26-38(41)43-37/h1-26H/i21D,22D,23D,24D. The quantitative estimate of drug-likeness (QED) is 0.199. The second-order valence-electron chi connectivity index (χ2n) is 10.9. The third-order valence-corrected chi connectivity index (χ3v) is 8.53. The van der Waals surface area contributed by atoms with E-state index in [1.807, 2.05) is 84.9 Å². The zero-order valence-corrected chi connectivity index (χ0v) is 23.1. The van der Waals surface area contributed by atoms with Crippen molar-refractivity contribution in [3.8, 4) is 33.4 Å². The molecule has 0 spiro atoms. The lowest BCUT2D eigenvalue weighted by molar-refractivity contribution is 0.669. The summed E-state index contributed by atoms with van der Waals surface area (Å²) in [5.74, 6) is 0. The van der Waals surface area contributed by atoms with Crippen LogP contribution in [0.5, 0.6) is 0 Å². The van der Waals surface area contributed by atoms with Gasteiger partial charge in [0.05, 0.1) is 5.48 Å². The monoisotopic (exact) mass is 550 g/mol. The van der Waals surface area contributed by atoms with E-state index in [0.717, 1.165) is 65.4 Å². The maximum Gasteiger partial charge on any atom is 0.136 e. The van der Waals surface area contributed by atoms with Crippen LogP contribution in [-0.4, -0.2) is 0 Å². The number of furan rings is 1. The minimum atomic E-state index is -0.0534. The summed E-state index contributed by atoms with van der Waals surface area (Å²) in [6.45, 7) is 0. The van der Waals surface area contributed by atoms with Gasteiger partial charge in [-0.15, -0.1) is 0 Å². The van der Waals surface area contributed by atoms with Crippen molar-refractivity contribution in [1.29, 1.82) is 0 Å². The van der Waals surface area contributed by atoms with Gasteiger partial charge in [0.1, 0.15) is 11.2 Å². The van der Waals surface area contributed by atoms with Gasteiger partial charge in [0.2, 0.25) is 0 Å². The van der Waals surface area contributed by atoms with E-state index < -0.39 is 0 Å². The van der Waals surface area contributed by atoms with Gasteiger partial charge in [0.15, 0.2) is 0 Å². The molecule has 0 saturated carbocycles. The molecule has 0 bridgehead atoms. The second kappa shape index (κ2) is 9.44. The van der Waals surface area contributed by atoms with E-state index in [4.69, 9.17) is 7.16 Å². The molecule has 0 amide bonds. The molecule has 1 aromatic heterocycles. The predicted octanol–water partition coefficient (Wildman–Crippen LogP) is 12.0. The summed E-state index contributed by atoms with van der Waals surface area (Å²) in [6.07, 6.45) is 0. The van der Waals surface area contributed by atoms with Crippen LogP contribution in [0.2, 0.25) is 0 Å². The van der Waals surface area contributed by atoms with Crippen molar-refractivity contribution >= 4 is 54.3 Å². The van der Waals surface area contributed by atoms with Crippen molar-refractivity contribution < 1.29 is 9.90 Å². The van der Waals surface area contributed by atoms with Gasteiger partial charge in [-0.05, 0) is 77.8 Å². The maximum atomic E-state index is 9.28. The fraction of sp³-hybridized carbons (Fsp3) is 0. The fourth-order valence-corrected chi connectivity index (χ4v) is 6.67. The van der Waals surface area contributed by atoms with E-state index in [2.05, 4.69) is 48.5 Å². The summed E-state index contributed by atoms with van der Waals surface area (Å²) >= 11 is 0. The first kappa shape index (κ1) is 20.3. The molecule has 0 atom stereocenters. The van der Waals surface area contributed by atoms with E-state index in [-0.39, 0.29) is 24.2 Å². The highest BCUT2D eigenvalue weighted by atomic mass is 16.3. The first-order chi connectivity index (χ1) is 23.0. The molecule has 43 heavy (non-hydrogen) atoms. The molecule has 200 valence electrons. The van der Waals surface area contributed by atoms with Crippen LogP contribution in [0.25, 0.3) is 87.6 Å². The average Bonchev–Trinajstić information content (AvgIpc) is 3.51. The first-order valence-electron chi connectivity index (χ1n) is 16.5. The highest BCUT2D eigenvalue weighted by Crippen LogP contribution is 2.47. The molecule has 0 aliphatic heterocycles. The van der Waals surface area contributed by atoms with Crippen LogP contribution in [0.3, 0.4) is 0 Å². The van der Waals surface area contributed by atoms with Crippen LogP contribution in [0.1, 0.15) is 5.48 Å². The topological polar surface area (TPSA) is 13.1 Å². The molecule has 0 aliphatic carbocycles. The number of rotatable bonds is 3. The van der Waals surface area contributed by atoms with Crippen LogP contribution in [0, 0.1) is 0 Å². The van der Waals surface area contributed by atoms with Crippen LogP contribution in [-0.2, 0) is 0 Å². The summed E-state index contributed by atoms with van der Waals surface area (Å²) in [6, 6.07) is 44.0. The molecule has 0 unspecified atom stereocenters. The molecule has 0 saturated heterocycles. The molecular weight excluding hydrogens is 520 g/mol. The SMILES string of the molecule is [2H]c1c([2H])c(-c2c3ccccc3c(-c3cccc4oc5ccc6ccccc6c5c34)c3ccccc23)c([2H])c([2H])c1-c1ccccc1. The van der Waals surface area contributed by atoms with E-state index in [0.29, 0.717) is 22.3 Å². The Kier molecular flexibility index (Phi) is 4.45. The molecule has 9 aromatic rings. The van der Waals surface area contributed by atoms with E-state index in [1.165, 1.54) is 0 Å². The Balaban J connectivity index is 1.43. The molecule has 8 aromatic carbocycles. The lowest BCUT2D eigenvalue weighted by atomic mass is 9.84. The zero-order chi connectivity index (χ0) is 31.8. The second-order valence-corrected chi connectivity index (χ2v) is 10.9. The summed E-state index contributed by atoms with van der Waals surface area (Å²) < 4.78 is 43.1. The minimum Gasteiger partial charge on any atom is -0.456 e. The van der Waals surface area contributed by atoms with Gasteiger partial charge in [-0.3, -0.25) is 0 Å². The predicted molar refractivity (Wildman–Crippen MR) is 183 cm³/mol. The summed E-state index contributed by atoms with van der Waals surface area (Å²) in [5, 5.41) is 8.04. The van der Waals surface area contributed by atoms with Crippen molar-refractivity contribution in [3.63, 3.8) is 0 Å². The normalized spacial score (nSPS) is 13.0. The van der Waals surface area contributed by atoms with Gasteiger partial charge in [-0.2, -0.15) is 0 Å². The summed E-state index contributed by atoms with van der Waals surface area (Å²) in [4.78, 5) is 0. The fourth-order valence-electron chi connectivity index (χ4n) is 6.67. The van der Waals surface area contributed by atoms with Gasteiger partial charge < -0.3 is 4.42 Å². The van der Waals surface area contributed by atoms with Gasteiger partial charge in [0, 0.05) is 10.8 Å². The van der Waals surface area contributed by atoms with Crippen LogP contribution in [0.4, 0.5) is 0 Å². The zero-order valence-electron chi connectivity index (χ0n) is 27.1. The Morgan fingerprint density at radius 1 is 0.372 bits per heavy atom. The Morgan fingerprint density at radius 2 is 0.930 bits per heavy atom. The molecule has 0 radical (unpaired) electrons. The van der Waals surface area contributed by atoms with E-state index >= 15 is 0 Å². The number of hydrogen-bond donors (Lipinski definition) is 0. The molecular formula is C42H26O. The van der Waals surface area contributed by atoms with Gasteiger partial charge >= 0.3 is 0 Å². The molecule has 0 N–H and O–H groups in total. The van der Waals surface area contributed by atoms with Crippen molar-refractivity contribution in [2.45, 2.75) is 0 Å². The largest absolute Gasteiger partial charge is 0.456 e. The highest BCUT2D eigenvalue weighted by molar-refractivity contribution is 6.28. The molecule has 1 nitrogen and oxygen atoms in total. The van der Waals surface area contributed by atoms with E-state index in [1.54, 1.807) is 0 Å². The maximum absolute atomic E-state index is 9.28. The van der Waals surface area contributed by atoms with Crippen molar-refractivity contribution in [2.75, 3.05) is 0 Å². The van der Waals surface area contributed by atoms with Crippen LogP contribution in [0.15, 0.2) is 162 Å². The Labute approximate surface area is 254 Å². The number of fused-ring (bicyclic) bond motifs is 7. The summed E-state index contributed by atoms with van der Waals surface area (Å²) in [5.41, 5.74) is 5.69. The number of benzene rings is 8. The first-order valence-corrected chi connectivity index (χ1v) is 14.5. The van der Waals surface area contributed by atoms with Crippen LogP contribution >= 0.6 is 0 Å². The lowest BCUT2D eigenvalue weighted by Crippen LogP contribution is -1.91. The highest BCUT2D eigenvalue weighted by Gasteiger charge is 2.21. The van der Waals surface area contributed by atoms with E-state index in [9.17, 15) is 2.74 Å². The number of hydrogen-bond acceptors (Lipinski definition) is 1. The van der Waals surface area contributed by atoms with Gasteiger partial charge in [0.25, 0.3) is 0 Å². The lowest BCUT2D eigenvalue weighted by Gasteiger charge is -2.18. The van der Waals surface area contributed by atoms with Gasteiger partial charge in [-0.25, -0.2) is 0 Å². The summed E-state index contributed by atoms with van der Waals surface area (Å²) in [7, 11) is 0. The Morgan fingerprint density at radius 3 is 1.63 bits per heavy atom. The smallest absolute Gasteiger partial charge is 0.136 e.